The Bertz CT molecular complexity index is 507. The maximum atomic E-state index is 12.0. The number of allylic oxidation sites excluding steroid dienone is 1. The molecular formula is C34H66O2. The minimum atomic E-state index is -0.0268. The van der Waals surface area contributed by atoms with Crippen molar-refractivity contribution in [2.45, 2.75) is 176 Å². The van der Waals surface area contributed by atoms with Crippen molar-refractivity contribution >= 4 is 5.97 Å². The van der Waals surface area contributed by atoms with Crippen LogP contribution in [-0.4, -0.2) is 12.6 Å². The molecular weight excluding hydrogens is 440 g/mol. The van der Waals surface area contributed by atoms with Gasteiger partial charge in [0.05, 0.1) is 0 Å². The zero-order valence-electron chi connectivity index (χ0n) is 25.7. The normalized spacial score (nSPS) is 13.8. The Hall–Kier alpha value is -0.790. The van der Waals surface area contributed by atoms with Crippen molar-refractivity contribution < 1.29 is 9.53 Å². The first-order valence-corrected chi connectivity index (χ1v) is 16.2. The van der Waals surface area contributed by atoms with Gasteiger partial charge in [-0.05, 0) is 56.4 Å². The van der Waals surface area contributed by atoms with Crippen LogP contribution in [0, 0.1) is 17.8 Å². The molecule has 0 saturated heterocycles. The number of carbonyl (C=O) groups is 1. The first kappa shape index (κ1) is 35.2. The molecule has 0 spiro atoms. The molecule has 36 heavy (non-hydrogen) atoms. The molecule has 0 saturated carbocycles. The lowest BCUT2D eigenvalue weighted by molar-refractivity contribution is -0.142. The fraction of sp³-hybridized carbons (Fsp3) is 0.912. The summed E-state index contributed by atoms with van der Waals surface area (Å²) < 4.78 is 5.43. The highest BCUT2D eigenvalue weighted by molar-refractivity contribution is 5.69. The molecule has 0 aromatic carbocycles. The van der Waals surface area contributed by atoms with Gasteiger partial charge in [0.25, 0.3) is 0 Å². The zero-order valence-corrected chi connectivity index (χ0v) is 25.7. The molecule has 0 heterocycles. The van der Waals surface area contributed by atoms with Crippen LogP contribution in [0.2, 0.25) is 0 Å². The summed E-state index contributed by atoms with van der Waals surface area (Å²) in [7, 11) is 0. The van der Waals surface area contributed by atoms with Crippen molar-refractivity contribution in [1.29, 1.82) is 0 Å². The summed E-state index contributed by atoms with van der Waals surface area (Å²) in [6, 6.07) is 0. The third kappa shape index (κ3) is 26.3. The predicted molar refractivity (Wildman–Crippen MR) is 161 cm³/mol. The third-order valence-corrected chi connectivity index (χ3v) is 7.72. The van der Waals surface area contributed by atoms with E-state index >= 15 is 0 Å². The van der Waals surface area contributed by atoms with Crippen LogP contribution in [0.1, 0.15) is 176 Å². The molecule has 214 valence electrons. The SMILES string of the molecule is CCCCCCCCCCCCCC(C)=CCOC(=O)CCCCCCC(C)CC(C)CCC(C)C. The van der Waals surface area contributed by atoms with Crippen molar-refractivity contribution in [3.05, 3.63) is 11.6 Å². The summed E-state index contributed by atoms with van der Waals surface area (Å²) in [5.41, 5.74) is 1.37. The van der Waals surface area contributed by atoms with E-state index in [-0.39, 0.29) is 5.97 Å². The van der Waals surface area contributed by atoms with Crippen LogP contribution in [0.4, 0.5) is 0 Å². The van der Waals surface area contributed by atoms with Gasteiger partial charge in [-0.15, -0.1) is 0 Å². The molecule has 0 amide bonds. The minimum Gasteiger partial charge on any atom is -0.461 e. The van der Waals surface area contributed by atoms with Gasteiger partial charge in [-0.25, -0.2) is 0 Å². The molecule has 0 rings (SSSR count). The second kappa shape index (κ2) is 25.8. The molecule has 0 aromatic rings. The summed E-state index contributed by atoms with van der Waals surface area (Å²) >= 11 is 0. The predicted octanol–water partition coefficient (Wildman–Crippen LogP) is 11.6. The van der Waals surface area contributed by atoms with Crippen molar-refractivity contribution in [3.8, 4) is 0 Å². The standard InChI is InChI=1S/C34H66O2/c1-7-8-9-10-11-12-13-14-15-16-19-22-31(4)27-28-36-34(35)24-21-18-17-20-23-32(5)29-33(6)26-25-30(2)3/h27,30,32-33H,7-26,28-29H2,1-6H3. The molecule has 2 nitrogen and oxygen atoms in total. The van der Waals surface area contributed by atoms with Crippen molar-refractivity contribution in [2.75, 3.05) is 6.61 Å². The molecule has 0 aromatic heterocycles. The molecule has 0 aliphatic carbocycles. The van der Waals surface area contributed by atoms with Gasteiger partial charge in [-0.2, -0.15) is 0 Å². The maximum absolute atomic E-state index is 12.0. The van der Waals surface area contributed by atoms with Gasteiger partial charge in [0, 0.05) is 6.42 Å². The second-order valence-electron chi connectivity index (χ2n) is 12.4. The van der Waals surface area contributed by atoms with Gasteiger partial charge in [-0.1, -0.05) is 143 Å². The van der Waals surface area contributed by atoms with Crippen LogP contribution >= 0.6 is 0 Å². The van der Waals surface area contributed by atoms with Gasteiger partial charge < -0.3 is 4.74 Å². The van der Waals surface area contributed by atoms with Gasteiger partial charge in [0.1, 0.15) is 6.61 Å². The minimum absolute atomic E-state index is 0.0268. The largest absolute Gasteiger partial charge is 0.461 e. The summed E-state index contributed by atoms with van der Waals surface area (Å²) in [4.78, 5) is 12.0. The van der Waals surface area contributed by atoms with Crippen molar-refractivity contribution in [3.63, 3.8) is 0 Å². The van der Waals surface area contributed by atoms with Crippen molar-refractivity contribution in [1.82, 2.24) is 0 Å². The monoisotopic (exact) mass is 507 g/mol. The molecule has 2 unspecified atom stereocenters. The molecule has 0 aliphatic rings. The Morgan fingerprint density at radius 1 is 0.639 bits per heavy atom. The maximum Gasteiger partial charge on any atom is 0.306 e. The van der Waals surface area contributed by atoms with E-state index in [0.717, 1.165) is 37.0 Å². The van der Waals surface area contributed by atoms with E-state index in [2.05, 4.69) is 47.6 Å². The van der Waals surface area contributed by atoms with E-state index in [9.17, 15) is 4.79 Å². The highest BCUT2D eigenvalue weighted by Crippen LogP contribution is 2.23. The third-order valence-electron chi connectivity index (χ3n) is 7.72. The Balaban J connectivity index is 3.53. The first-order chi connectivity index (χ1) is 17.3. The molecule has 2 atom stereocenters. The first-order valence-electron chi connectivity index (χ1n) is 16.2. The highest BCUT2D eigenvalue weighted by Gasteiger charge is 2.10. The van der Waals surface area contributed by atoms with Crippen LogP contribution < -0.4 is 0 Å². The Kier molecular flexibility index (Phi) is 25.3. The topological polar surface area (TPSA) is 26.3 Å². The summed E-state index contributed by atoms with van der Waals surface area (Å²) in [5.74, 6) is 2.49. The summed E-state index contributed by atoms with van der Waals surface area (Å²) in [5, 5.41) is 0. The fourth-order valence-electron chi connectivity index (χ4n) is 5.18. The number of hydrogen-bond acceptors (Lipinski definition) is 2. The zero-order chi connectivity index (χ0) is 26.9. The molecule has 0 bridgehead atoms. The Morgan fingerprint density at radius 3 is 1.72 bits per heavy atom. The van der Waals surface area contributed by atoms with Gasteiger partial charge >= 0.3 is 5.97 Å². The van der Waals surface area contributed by atoms with E-state index in [1.165, 1.54) is 115 Å². The van der Waals surface area contributed by atoms with E-state index < -0.39 is 0 Å². The van der Waals surface area contributed by atoms with Crippen LogP contribution in [0.3, 0.4) is 0 Å². The van der Waals surface area contributed by atoms with Crippen molar-refractivity contribution in [2.24, 2.45) is 17.8 Å². The second-order valence-corrected chi connectivity index (χ2v) is 12.4. The summed E-state index contributed by atoms with van der Waals surface area (Å²) in [6.45, 7) is 14.4. The Labute approximate surface area is 227 Å². The molecule has 2 heteroatoms. The number of ether oxygens (including phenoxy) is 1. The number of esters is 1. The van der Waals surface area contributed by atoms with Crippen LogP contribution in [0.25, 0.3) is 0 Å². The highest BCUT2D eigenvalue weighted by atomic mass is 16.5. The van der Waals surface area contributed by atoms with Crippen LogP contribution in [0.5, 0.6) is 0 Å². The summed E-state index contributed by atoms with van der Waals surface area (Å²) in [6.07, 6.45) is 29.2. The molecule has 0 N–H and O–H groups in total. The lowest BCUT2D eigenvalue weighted by Gasteiger charge is -2.18. The number of carbonyl (C=O) groups excluding carboxylic acids is 1. The number of hydrogen-bond donors (Lipinski definition) is 0. The fourth-order valence-corrected chi connectivity index (χ4v) is 5.18. The van der Waals surface area contributed by atoms with E-state index in [1.807, 2.05) is 0 Å². The quantitative estimate of drug-likeness (QED) is 0.0662. The number of unbranched alkanes of at least 4 members (excludes halogenated alkanes) is 13. The Morgan fingerprint density at radius 2 is 1.14 bits per heavy atom. The average Bonchev–Trinajstić information content (AvgIpc) is 2.83. The van der Waals surface area contributed by atoms with Gasteiger partial charge in [0.2, 0.25) is 0 Å². The van der Waals surface area contributed by atoms with E-state index in [4.69, 9.17) is 4.74 Å². The lowest BCUT2D eigenvalue weighted by atomic mass is 9.88. The van der Waals surface area contributed by atoms with Crippen LogP contribution in [0.15, 0.2) is 11.6 Å². The van der Waals surface area contributed by atoms with E-state index in [0.29, 0.717) is 13.0 Å². The van der Waals surface area contributed by atoms with Crippen LogP contribution in [-0.2, 0) is 9.53 Å². The van der Waals surface area contributed by atoms with Gasteiger partial charge in [0.15, 0.2) is 0 Å². The van der Waals surface area contributed by atoms with E-state index in [1.54, 1.807) is 0 Å². The molecule has 0 fully saturated rings. The van der Waals surface area contributed by atoms with Gasteiger partial charge in [-0.3, -0.25) is 4.79 Å². The molecule has 0 radical (unpaired) electrons. The molecule has 0 aliphatic heterocycles. The smallest absolute Gasteiger partial charge is 0.306 e. The lowest BCUT2D eigenvalue weighted by Crippen LogP contribution is -2.05. The number of rotatable bonds is 26. The average molecular weight is 507 g/mol.